The Hall–Kier alpha value is -1.25. The van der Waals surface area contributed by atoms with E-state index in [0.717, 1.165) is 5.56 Å². The van der Waals surface area contributed by atoms with Gasteiger partial charge in [-0.05, 0) is 26.8 Å². The fourth-order valence-electron chi connectivity index (χ4n) is 2.32. The Morgan fingerprint density at radius 2 is 2.30 bits per heavy atom. The van der Waals surface area contributed by atoms with Crippen LogP contribution in [-0.2, 0) is 16.0 Å². The molecule has 1 aromatic heterocycles. The van der Waals surface area contributed by atoms with Crippen LogP contribution in [0.1, 0.15) is 26.3 Å². The molecule has 1 aromatic rings. The Balaban J connectivity index is 1.86. The van der Waals surface area contributed by atoms with Gasteiger partial charge in [-0.25, -0.2) is 0 Å². The van der Waals surface area contributed by atoms with Crippen molar-refractivity contribution in [2.45, 2.75) is 45.4 Å². The van der Waals surface area contributed by atoms with E-state index in [1.165, 1.54) is 0 Å². The van der Waals surface area contributed by atoms with Crippen molar-refractivity contribution in [3.05, 3.63) is 24.0 Å². The summed E-state index contributed by atoms with van der Waals surface area (Å²) < 4.78 is 17.1. The van der Waals surface area contributed by atoms with Gasteiger partial charge in [-0.1, -0.05) is 0 Å². The minimum absolute atomic E-state index is 0.146. The van der Waals surface area contributed by atoms with E-state index in [-0.39, 0.29) is 6.10 Å². The van der Waals surface area contributed by atoms with Crippen LogP contribution in [0.2, 0.25) is 0 Å². The number of morpholine rings is 1. The molecule has 0 saturated carbocycles. The molecule has 3 N–H and O–H groups in total. The Kier molecular flexibility index (Phi) is 6.32. The number of aromatic nitrogens is 1. The SMILES string of the molecule is CC(C)(C)OC(O)N1CCO[C@@H](COc2cnccc2CN)C1. The van der Waals surface area contributed by atoms with Crippen LogP contribution >= 0.6 is 0 Å². The van der Waals surface area contributed by atoms with Gasteiger partial charge in [0.2, 0.25) is 6.41 Å². The van der Waals surface area contributed by atoms with Crippen molar-refractivity contribution >= 4 is 0 Å². The van der Waals surface area contributed by atoms with Gasteiger partial charge in [0.25, 0.3) is 0 Å². The number of nitrogens with two attached hydrogens (primary N) is 1. The number of hydrogen-bond donors (Lipinski definition) is 2. The maximum atomic E-state index is 10.2. The fourth-order valence-corrected chi connectivity index (χ4v) is 2.32. The molecule has 1 saturated heterocycles. The average molecular weight is 325 g/mol. The standard InChI is InChI=1S/C16H27N3O4/c1-16(2,3)23-15(20)19-6-7-21-13(10-19)11-22-14-9-18-5-4-12(14)8-17/h4-5,9,13,15,20H,6-8,10-11,17H2,1-3H3/t13-,15?/m1/s1. The van der Waals surface area contributed by atoms with Crippen LogP contribution in [0.15, 0.2) is 18.5 Å². The van der Waals surface area contributed by atoms with Gasteiger partial charge in [-0.3, -0.25) is 9.88 Å². The Bertz CT molecular complexity index is 492. The third kappa shape index (κ3) is 5.71. The molecule has 7 nitrogen and oxygen atoms in total. The highest BCUT2D eigenvalue weighted by Gasteiger charge is 2.29. The molecule has 0 aliphatic carbocycles. The van der Waals surface area contributed by atoms with E-state index in [1.54, 1.807) is 12.4 Å². The van der Waals surface area contributed by atoms with E-state index in [9.17, 15) is 5.11 Å². The van der Waals surface area contributed by atoms with E-state index >= 15 is 0 Å². The summed E-state index contributed by atoms with van der Waals surface area (Å²) in [5.41, 5.74) is 6.18. The molecule has 0 spiro atoms. The summed E-state index contributed by atoms with van der Waals surface area (Å²) in [4.78, 5) is 5.89. The summed E-state index contributed by atoms with van der Waals surface area (Å²) in [6.07, 6.45) is 2.25. The molecule has 0 amide bonds. The third-order valence-corrected chi connectivity index (χ3v) is 3.46. The molecular weight excluding hydrogens is 298 g/mol. The lowest BCUT2D eigenvalue weighted by Gasteiger charge is -2.37. The van der Waals surface area contributed by atoms with E-state index in [4.69, 9.17) is 19.9 Å². The Morgan fingerprint density at radius 3 is 3.00 bits per heavy atom. The van der Waals surface area contributed by atoms with E-state index in [1.807, 2.05) is 31.7 Å². The molecule has 1 aliphatic rings. The van der Waals surface area contributed by atoms with Crippen molar-refractivity contribution in [2.75, 3.05) is 26.3 Å². The first-order valence-electron chi connectivity index (χ1n) is 7.86. The zero-order chi connectivity index (χ0) is 16.9. The zero-order valence-corrected chi connectivity index (χ0v) is 14.1. The summed E-state index contributed by atoms with van der Waals surface area (Å²) in [6, 6.07) is 1.84. The summed E-state index contributed by atoms with van der Waals surface area (Å²) >= 11 is 0. The quantitative estimate of drug-likeness (QED) is 0.745. The maximum Gasteiger partial charge on any atom is 0.216 e. The van der Waals surface area contributed by atoms with Crippen molar-refractivity contribution in [2.24, 2.45) is 5.73 Å². The second-order valence-electron chi connectivity index (χ2n) is 6.54. The van der Waals surface area contributed by atoms with Gasteiger partial charge >= 0.3 is 0 Å². The molecule has 2 atom stereocenters. The molecule has 2 rings (SSSR count). The van der Waals surface area contributed by atoms with Gasteiger partial charge < -0.3 is 25.1 Å². The molecular formula is C16H27N3O4. The molecule has 7 heteroatoms. The highest BCUT2D eigenvalue weighted by molar-refractivity contribution is 5.29. The van der Waals surface area contributed by atoms with Crippen molar-refractivity contribution in [1.82, 2.24) is 9.88 Å². The lowest BCUT2D eigenvalue weighted by molar-refractivity contribution is -0.256. The van der Waals surface area contributed by atoms with Gasteiger partial charge in [0.15, 0.2) is 0 Å². The molecule has 1 fully saturated rings. The highest BCUT2D eigenvalue weighted by Crippen LogP contribution is 2.18. The molecule has 0 radical (unpaired) electrons. The lowest BCUT2D eigenvalue weighted by atomic mass is 10.2. The van der Waals surface area contributed by atoms with E-state index < -0.39 is 12.0 Å². The second-order valence-corrected chi connectivity index (χ2v) is 6.54. The van der Waals surface area contributed by atoms with Crippen LogP contribution in [0.4, 0.5) is 0 Å². The summed E-state index contributed by atoms with van der Waals surface area (Å²) in [5, 5.41) is 10.2. The summed E-state index contributed by atoms with van der Waals surface area (Å²) in [7, 11) is 0. The number of nitrogens with zero attached hydrogens (tertiary/aromatic N) is 2. The van der Waals surface area contributed by atoms with Gasteiger partial charge in [0, 0.05) is 31.4 Å². The molecule has 23 heavy (non-hydrogen) atoms. The van der Waals surface area contributed by atoms with E-state index in [2.05, 4.69) is 4.98 Å². The van der Waals surface area contributed by atoms with Crippen LogP contribution in [0.25, 0.3) is 0 Å². The number of pyridine rings is 1. The molecule has 0 aromatic carbocycles. The molecule has 1 unspecified atom stereocenters. The van der Waals surface area contributed by atoms with Gasteiger partial charge in [-0.2, -0.15) is 0 Å². The van der Waals surface area contributed by atoms with Crippen LogP contribution in [0.3, 0.4) is 0 Å². The minimum Gasteiger partial charge on any atom is -0.489 e. The van der Waals surface area contributed by atoms with Crippen molar-refractivity contribution in [3.63, 3.8) is 0 Å². The molecule has 0 bridgehead atoms. The maximum absolute atomic E-state index is 10.2. The minimum atomic E-state index is -0.945. The smallest absolute Gasteiger partial charge is 0.216 e. The number of aliphatic hydroxyl groups excluding tert-OH is 1. The van der Waals surface area contributed by atoms with E-state index in [0.29, 0.717) is 38.6 Å². The van der Waals surface area contributed by atoms with Crippen molar-refractivity contribution in [1.29, 1.82) is 0 Å². The number of hydrogen-bond acceptors (Lipinski definition) is 7. The third-order valence-electron chi connectivity index (χ3n) is 3.46. The van der Waals surface area contributed by atoms with Crippen LogP contribution in [0.5, 0.6) is 5.75 Å². The normalized spacial score (nSPS) is 21.2. The number of ether oxygens (including phenoxy) is 3. The predicted molar refractivity (Wildman–Crippen MR) is 85.8 cm³/mol. The fraction of sp³-hybridized carbons (Fsp3) is 0.688. The zero-order valence-electron chi connectivity index (χ0n) is 14.1. The average Bonchev–Trinajstić information content (AvgIpc) is 2.52. The Labute approximate surface area is 137 Å². The Morgan fingerprint density at radius 1 is 1.52 bits per heavy atom. The van der Waals surface area contributed by atoms with Gasteiger partial charge in [0.1, 0.15) is 18.5 Å². The first-order chi connectivity index (χ1) is 10.9. The summed E-state index contributed by atoms with van der Waals surface area (Å²) in [6.45, 7) is 8.18. The first kappa shape index (κ1) is 18.1. The molecule has 1 aliphatic heterocycles. The number of rotatable bonds is 6. The highest BCUT2D eigenvalue weighted by atomic mass is 16.6. The predicted octanol–water partition coefficient (Wildman–Crippen LogP) is 0.711. The van der Waals surface area contributed by atoms with Crippen LogP contribution in [-0.4, -0.2) is 59.4 Å². The van der Waals surface area contributed by atoms with Gasteiger partial charge in [-0.15, -0.1) is 0 Å². The topological polar surface area (TPSA) is 90.1 Å². The lowest BCUT2D eigenvalue weighted by Crippen LogP contribution is -2.51. The molecule has 130 valence electrons. The summed E-state index contributed by atoms with van der Waals surface area (Å²) in [5.74, 6) is 0.669. The van der Waals surface area contributed by atoms with Crippen LogP contribution < -0.4 is 10.5 Å². The largest absolute Gasteiger partial charge is 0.489 e. The molecule has 2 heterocycles. The van der Waals surface area contributed by atoms with Crippen molar-refractivity contribution in [3.8, 4) is 5.75 Å². The van der Waals surface area contributed by atoms with Crippen molar-refractivity contribution < 1.29 is 19.3 Å². The van der Waals surface area contributed by atoms with Crippen LogP contribution in [0, 0.1) is 0 Å². The first-order valence-corrected chi connectivity index (χ1v) is 7.86. The second kappa shape index (κ2) is 8.03. The number of aliphatic hydroxyl groups is 1. The van der Waals surface area contributed by atoms with Gasteiger partial charge in [0.05, 0.1) is 18.4 Å². The monoisotopic (exact) mass is 325 g/mol.